The van der Waals surface area contributed by atoms with Crippen LogP contribution in [0.4, 0.5) is 5.69 Å². The topological polar surface area (TPSA) is 52.2 Å². The Balaban J connectivity index is 1.22. The predicted octanol–water partition coefficient (Wildman–Crippen LogP) is 5.04. The fourth-order valence-corrected chi connectivity index (χ4v) is 6.14. The van der Waals surface area contributed by atoms with Gasteiger partial charge in [-0.1, -0.05) is 25.3 Å². The number of carbonyl (C=O) groups is 1. The number of nitrogens with zero attached hydrogens (tertiary/aromatic N) is 3. The summed E-state index contributed by atoms with van der Waals surface area (Å²) in [6, 6.07) is 7.23. The molecule has 0 spiro atoms. The standard InChI is InChI=1S/C26H36N4O/c1-19-12-21(18-30(19)26(31)13-20-6-3-2-4-7-20)17-29-11-5-8-23-14-22(9-10-25(23)29)24-15-27-28-16-24/h9-10,14-16,19-21H,2-8,11-13,17-18H2,1H3,(H,27,28). The van der Waals surface area contributed by atoms with E-state index in [1.54, 1.807) is 0 Å². The Hall–Kier alpha value is -2.30. The van der Waals surface area contributed by atoms with Crippen molar-refractivity contribution in [3.63, 3.8) is 0 Å². The van der Waals surface area contributed by atoms with Crippen LogP contribution in [0.1, 0.15) is 63.9 Å². The van der Waals surface area contributed by atoms with Crippen LogP contribution in [0.5, 0.6) is 0 Å². The maximum Gasteiger partial charge on any atom is 0.223 e. The zero-order valence-electron chi connectivity index (χ0n) is 18.9. The summed E-state index contributed by atoms with van der Waals surface area (Å²) in [7, 11) is 0. The molecule has 1 saturated carbocycles. The van der Waals surface area contributed by atoms with Crippen molar-refractivity contribution in [1.29, 1.82) is 0 Å². The van der Waals surface area contributed by atoms with Crippen molar-refractivity contribution in [1.82, 2.24) is 15.1 Å². The summed E-state index contributed by atoms with van der Waals surface area (Å²) in [6.07, 6.45) is 14.6. The second-order valence-electron chi connectivity index (χ2n) is 10.1. The molecule has 1 aliphatic carbocycles. The van der Waals surface area contributed by atoms with Crippen LogP contribution in [0.2, 0.25) is 0 Å². The molecule has 1 N–H and O–H groups in total. The second-order valence-corrected chi connectivity index (χ2v) is 10.1. The molecule has 2 atom stereocenters. The number of hydrogen-bond donors (Lipinski definition) is 1. The number of carbonyl (C=O) groups excluding carboxylic acids is 1. The number of likely N-dealkylation sites (tertiary alicyclic amines) is 1. The number of amides is 1. The van der Waals surface area contributed by atoms with Gasteiger partial charge in [0.25, 0.3) is 0 Å². The van der Waals surface area contributed by atoms with Gasteiger partial charge in [-0.05, 0) is 74.1 Å². The van der Waals surface area contributed by atoms with E-state index in [0.717, 1.165) is 44.5 Å². The lowest BCUT2D eigenvalue weighted by atomic mass is 9.86. The third-order valence-corrected chi connectivity index (χ3v) is 7.77. The molecule has 2 aromatic rings. The Labute approximate surface area is 186 Å². The van der Waals surface area contributed by atoms with Crippen LogP contribution in [-0.4, -0.2) is 46.7 Å². The number of H-pyrrole nitrogens is 1. The number of aryl methyl sites for hydroxylation is 1. The highest BCUT2D eigenvalue weighted by Crippen LogP contribution is 2.34. The molecule has 1 aromatic carbocycles. The Bertz CT molecular complexity index is 887. The number of rotatable bonds is 5. The number of anilines is 1. The minimum absolute atomic E-state index is 0.383. The molecule has 2 fully saturated rings. The Morgan fingerprint density at radius 2 is 2.00 bits per heavy atom. The lowest BCUT2D eigenvalue weighted by Crippen LogP contribution is -2.37. The first-order chi connectivity index (χ1) is 15.2. The first-order valence-corrected chi connectivity index (χ1v) is 12.3. The van der Waals surface area contributed by atoms with Gasteiger partial charge in [-0.15, -0.1) is 0 Å². The van der Waals surface area contributed by atoms with Gasteiger partial charge in [0, 0.05) is 49.5 Å². The molecule has 5 rings (SSSR count). The summed E-state index contributed by atoms with van der Waals surface area (Å²) in [5.41, 5.74) is 5.22. The number of hydrogen-bond acceptors (Lipinski definition) is 3. The highest BCUT2D eigenvalue weighted by Gasteiger charge is 2.34. The normalized spacial score (nSPS) is 24.4. The molecule has 31 heavy (non-hydrogen) atoms. The summed E-state index contributed by atoms with van der Waals surface area (Å²) in [5, 5.41) is 7.01. The van der Waals surface area contributed by atoms with Crippen molar-refractivity contribution in [2.45, 2.75) is 70.8 Å². The molecule has 3 aliphatic rings. The SMILES string of the molecule is CC1CC(CN2CCCc3cc(-c4cn[nH]c4)ccc32)CN1C(=O)CC1CCCCC1. The molecule has 0 radical (unpaired) electrons. The Morgan fingerprint density at radius 3 is 2.81 bits per heavy atom. The first kappa shape index (κ1) is 20.6. The quantitative estimate of drug-likeness (QED) is 0.737. The minimum atomic E-state index is 0.383. The largest absolute Gasteiger partial charge is 0.371 e. The number of nitrogens with one attached hydrogen (secondary N) is 1. The van der Waals surface area contributed by atoms with Gasteiger partial charge in [-0.3, -0.25) is 9.89 Å². The molecule has 1 aromatic heterocycles. The zero-order valence-corrected chi connectivity index (χ0v) is 18.9. The summed E-state index contributed by atoms with van der Waals surface area (Å²) in [6.45, 7) is 5.38. The van der Waals surface area contributed by atoms with E-state index in [-0.39, 0.29) is 0 Å². The van der Waals surface area contributed by atoms with Crippen LogP contribution in [-0.2, 0) is 11.2 Å². The van der Waals surface area contributed by atoms with Crippen molar-refractivity contribution in [2.24, 2.45) is 11.8 Å². The van der Waals surface area contributed by atoms with Crippen LogP contribution < -0.4 is 4.90 Å². The Morgan fingerprint density at radius 1 is 1.13 bits per heavy atom. The van der Waals surface area contributed by atoms with E-state index in [2.05, 4.69) is 45.1 Å². The van der Waals surface area contributed by atoms with Crippen LogP contribution in [0.3, 0.4) is 0 Å². The van der Waals surface area contributed by atoms with Crippen molar-refractivity contribution in [3.8, 4) is 11.1 Å². The lowest BCUT2D eigenvalue weighted by molar-refractivity contribution is -0.133. The van der Waals surface area contributed by atoms with Gasteiger partial charge in [-0.25, -0.2) is 0 Å². The van der Waals surface area contributed by atoms with Crippen LogP contribution in [0.25, 0.3) is 11.1 Å². The molecule has 2 aliphatic heterocycles. The van der Waals surface area contributed by atoms with E-state index in [4.69, 9.17) is 0 Å². The van der Waals surface area contributed by atoms with Crippen molar-refractivity contribution in [3.05, 3.63) is 36.2 Å². The third-order valence-electron chi connectivity index (χ3n) is 7.77. The van der Waals surface area contributed by atoms with Gasteiger partial charge in [0.05, 0.1) is 6.20 Å². The highest BCUT2D eigenvalue weighted by molar-refractivity contribution is 5.77. The second kappa shape index (κ2) is 9.05. The minimum Gasteiger partial charge on any atom is -0.371 e. The van der Waals surface area contributed by atoms with Crippen LogP contribution in [0, 0.1) is 11.8 Å². The van der Waals surface area contributed by atoms with Gasteiger partial charge in [0.15, 0.2) is 0 Å². The predicted molar refractivity (Wildman–Crippen MR) is 125 cm³/mol. The van der Waals surface area contributed by atoms with Crippen LogP contribution in [0.15, 0.2) is 30.6 Å². The number of benzene rings is 1. The van der Waals surface area contributed by atoms with E-state index in [9.17, 15) is 4.79 Å². The summed E-state index contributed by atoms with van der Waals surface area (Å²) in [4.78, 5) is 17.8. The summed E-state index contributed by atoms with van der Waals surface area (Å²) >= 11 is 0. The fraction of sp³-hybridized carbons (Fsp3) is 0.615. The summed E-state index contributed by atoms with van der Waals surface area (Å²) < 4.78 is 0. The van der Waals surface area contributed by atoms with Crippen molar-refractivity contribution in [2.75, 3.05) is 24.5 Å². The van der Waals surface area contributed by atoms with Crippen molar-refractivity contribution < 1.29 is 4.79 Å². The van der Waals surface area contributed by atoms with E-state index >= 15 is 0 Å². The van der Waals surface area contributed by atoms with E-state index in [0.29, 0.717) is 23.8 Å². The summed E-state index contributed by atoms with van der Waals surface area (Å²) in [5.74, 6) is 1.61. The van der Waals surface area contributed by atoms with E-state index in [1.165, 1.54) is 55.3 Å². The molecule has 5 heteroatoms. The van der Waals surface area contributed by atoms with E-state index in [1.807, 2.05) is 12.4 Å². The van der Waals surface area contributed by atoms with Gasteiger partial charge in [-0.2, -0.15) is 5.10 Å². The van der Waals surface area contributed by atoms with Crippen LogP contribution >= 0.6 is 0 Å². The average Bonchev–Trinajstić information content (AvgIpc) is 3.44. The van der Waals surface area contributed by atoms with E-state index < -0.39 is 0 Å². The maximum atomic E-state index is 13.0. The average molecular weight is 421 g/mol. The molecular weight excluding hydrogens is 384 g/mol. The van der Waals surface area contributed by atoms with Gasteiger partial charge in [0.1, 0.15) is 0 Å². The molecule has 5 nitrogen and oxygen atoms in total. The molecule has 3 heterocycles. The molecule has 1 amide bonds. The number of aromatic amines is 1. The first-order valence-electron chi connectivity index (χ1n) is 12.3. The van der Waals surface area contributed by atoms with Gasteiger partial charge in [0.2, 0.25) is 5.91 Å². The molecule has 2 unspecified atom stereocenters. The zero-order chi connectivity index (χ0) is 21.2. The fourth-order valence-electron chi connectivity index (χ4n) is 6.14. The maximum absolute atomic E-state index is 13.0. The molecule has 166 valence electrons. The van der Waals surface area contributed by atoms with Gasteiger partial charge < -0.3 is 9.80 Å². The van der Waals surface area contributed by atoms with Crippen molar-refractivity contribution >= 4 is 11.6 Å². The third kappa shape index (κ3) is 4.51. The molecule has 0 bridgehead atoms. The monoisotopic (exact) mass is 420 g/mol. The smallest absolute Gasteiger partial charge is 0.223 e. The highest BCUT2D eigenvalue weighted by atomic mass is 16.2. The number of fused-ring (bicyclic) bond motifs is 1. The molecular formula is C26H36N4O. The molecule has 1 saturated heterocycles. The lowest BCUT2D eigenvalue weighted by Gasteiger charge is -2.33. The van der Waals surface area contributed by atoms with Gasteiger partial charge >= 0.3 is 0 Å². The Kier molecular flexibility index (Phi) is 6.02. The number of aromatic nitrogens is 2.